The molecule has 5 rings (SSSR count). The van der Waals surface area contributed by atoms with Crippen molar-refractivity contribution in [3.63, 3.8) is 0 Å². The molecule has 0 aliphatic carbocycles. The lowest BCUT2D eigenvalue weighted by molar-refractivity contribution is 0.0832. The van der Waals surface area contributed by atoms with Gasteiger partial charge in [0.05, 0.1) is 19.3 Å². The number of nitrogens with zero attached hydrogens (tertiary/aromatic N) is 4. The summed E-state index contributed by atoms with van der Waals surface area (Å²) in [6, 6.07) is 0. The second-order valence-electron chi connectivity index (χ2n) is 8.22. The summed E-state index contributed by atoms with van der Waals surface area (Å²) in [4.78, 5) is 22.7. The minimum Gasteiger partial charge on any atom is -0.497 e. The predicted molar refractivity (Wildman–Crippen MR) is 103 cm³/mol. The zero-order chi connectivity index (χ0) is 19.1. The average molecular weight is 385 g/mol. The van der Waals surface area contributed by atoms with Crippen LogP contribution < -0.4 is 5.56 Å². The number of hydrogen-bond donors (Lipinski definition) is 1. The number of likely N-dealkylation sites (tertiary alicyclic amines) is 1. The van der Waals surface area contributed by atoms with Gasteiger partial charge in [-0.2, -0.15) is 5.10 Å². The third-order valence-electron chi connectivity index (χ3n) is 6.23. The number of nitrogens with one attached hydrogen (secondary N) is 1. The SMILES string of the molecule is CC1CN(CC2=CCCO2)CC1c1nn2c(C3CCOCC3)ncc2c(=O)[nH]1. The highest BCUT2D eigenvalue weighted by atomic mass is 16.5. The van der Waals surface area contributed by atoms with Crippen LogP contribution in [0.25, 0.3) is 5.52 Å². The Hall–Kier alpha value is -2.19. The van der Waals surface area contributed by atoms with Crippen molar-refractivity contribution in [1.29, 1.82) is 0 Å². The molecule has 0 aromatic carbocycles. The van der Waals surface area contributed by atoms with E-state index in [9.17, 15) is 4.79 Å². The molecule has 2 atom stereocenters. The second kappa shape index (κ2) is 7.33. The average Bonchev–Trinajstić information content (AvgIpc) is 3.43. The maximum absolute atomic E-state index is 12.7. The number of hydrogen-bond acceptors (Lipinski definition) is 6. The van der Waals surface area contributed by atoms with Crippen molar-refractivity contribution in [2.45, 2.75) is 38.0 Å². The summed E-state index contributed by atoms with van der Waals surface area (Å²) >= 11 is 0. The highest BCUT2D eigenvalue weighted by Gasteiger charge is 2.34. The minimum atomic E-state index is -0.108. The lowest BCUT2D eigenvalue weighted by Gasteiger charge is -2.21. The first-order valence-electron chi connectivity index (χ1n) is 10.3. The first kappa shape index (κ1) is 17.9. The van der Waals surface area contributed by atoms with E-state index < -0.39 is 0 Å². The molecule has 1 N–H and O–H groups in total. The summed E-state index contributed by atoms with van der Waals surface area (Å²) in [6.45, 7) is 7.19. The fourth-order valence-corrected chi connectivity index (χ4v) is 4.69. The van der Waals surface area contributed by atoms with Crippen molar-refractivity contribution in [2.75, 3.05) is 39.5 Å². The number of aromatic amines is 1. The van der Waals surface area contributed by atoms with Gasteiger partial charge in [-0.1, -0.05) is 6.92 Å². The van der Waals surface area contributed by atoms with Gasteiger partial charge in [0.25, 0.3) is 5.56 Å². The van der Waals surface area contributed by atoms with Gasteiger partial charge in [0.1, 0.15) is 17.4 Å². The molecule has 0 radical (unpaired) electrons. The van der Waals surface area contributed by atoms with Crippen molar-refractivity contribution < 1.29 is 9.47 Å². The van der Waals surface area contributed by atoms with Gasteiger partial charge in [-0.25, -0.2) is 9.50 Å². The van der Waals surface area contributed by atoms with E-state index in [1.54, 1.807) is 10.7 Å². The Kier molecular flexibility index (Phi) is 4.68. The topological polar surface area (TPSA) is 84.8 Å². The maximum Gasteiger partial charge on any atom is 0.276 e. The Morgan fingerprint density at radius 1 is 1.25 bits per heavy atom. The van der Waals surface area contributed by atoms with Gasteiger partial charge in [-0.3, -0.25) is 9.69 Å². The number of rotatable bonds is 4. The standard InChI is InChI=1S/C20H27N5O3/c1-13-10-24(11-15-3-2-6-28-15)12-16(13)18-22-20(26)17-9-21-19(25(17)23-18)14-4-7-27-8-5-14/h3,9,13-14,16H,2,4-8,10-12H2,1H3,(H,22,23,26). The molecular weight excluding hydrogens is 358 g/mol. The van der Waals surface area contributed by atoms with Crippen LogP contribution in [0, 0.1) is 5.92 Å². The Morgan fingerprint density at radius 2 is 2.11 bits per heavy atom. The van der Waals surface area contributed by atoms with E-state index in [2.05, 4.69) is 27.9 Å². The molecule has 0 bridgehead atoms. The Bertz CT molecular complexity index is 943. The van der Waals surface area contributed by atoms with Gasteiger partial charge in [0.2, 0.25) is 0 Å². The van der Waals surface area contributed by atoms with Gasteiger partial charge in [0.15, 0.2) is 5.52 Å². The zero-order valence-electron chi connectivity index (χ0n) is 16.3. The Morgan fingerprint density at radius 3 is 2.89 bits per heavy atom. The van der Waals surface area contributed by atoms with Gasteiger partial charge in [-0.05, 0) is 24.8 Å². The lowest BCUT2D eigenvalue weighted by Crippen LogP contribution is -2.25. The molecule has 2 aromatic heterocycles. The third-order valence-corrected chi connectivity index (χ3v) is 6.23. The number of imidazole rings is 1. The molecule has 0 amide bonds. The van der Waals surface area contributed by atoms with Gasteiger partial charge >= 0.3 is 0 Å². The van der Waals surface area contributed by atoms with Crippen LogP contribution in [0.3, 0.4) is 0 Å². The molecule has 2 aromatic rings. The summed E-state index contributed by atoms with van der Waals surface area (Å²) < 4.78 is 12.9. The molecule has 8 heteroatoms. The molecule has 2 saturated heterocycles. The number of ether oxygens (including phenoxy) is 2. The van der Waals surface area contributed by atoms with Gasteiger partial charge < -0.3 is 14.5 Å². The molecule has 0 spiro atoms. The predicted octanol–water partition coefficient (Wildman–Crippen LogP) is 1.65. The van der Waals surface area contributed by atoms with E-state index >= 15 is 0 Å². The Balaban J connectivity index is 1.43. The first-order chi connectivity index (χ1) is 13.7. The summed E-state index contributed by atoms with van der Waals surface area (Å²) in [6.07, 6.45) is 6.67. The van der Waals surface area contributed by atoms with Crippen molar-refractivity contribution >= 4 is 5.52 Å². The summed E-state index contributed by atoms with van der Waals surface area (Å²) in [7, 11) is 0. The summed E-state index contributed by atoms with van der Waals surface area (Å²) in [5.41, 5.74) is 0.417. The molecular formula is C20H27N5O3. The smallest absolute Gasteiger partial charge is 0.276 e. The van der Waals surface area contributed by atoms with E-state index in [1.165, 1.54) is 0 Å². The van der Waals surface area contributed by atoms with Crippen molar-refractivity contribution in [3.05, 3.63) is 40.0 Å². The number of H-pyrrole nitrogens is 1. The number of aromatic nitrogens is 4. The number of fused-ring (bicyclic) bond motifs is 1. The largest absolute Gasteiger partial charge is 0.497 e. The van der Waals surface area contributed by atoms with Crippen molar-refractivity contribution in [1.82, 2.24) is 24.5 Å². The van der Waals surface area contributed by atoms with Gasteiger partial charge in [-0.15, -0.1) is 0 Å². The van der Waals surface area contributed by atoms with Crippen LogP contribution in [0.15, 0.2) is 22.8 Å². The van der Waals surface area contributed by atoms with Gasteiger partial charge in [0, 0.05) is 44.6 Å². The quantitative estimate of drug-likeness (QED) is 0.862. The maximum atomic E-state index is 12.7. The van der Waals surface area contributed by atoms with E-state index in [0.717, 1.165) is 76.1 Å². The molecule has 3 aliphatic rings. The molecule has 150 valence electrons. The molecule has 2 fully saturated rings. The van der Waals surface area contributed by atoms with Crippen LogP contribution in [-0.2, 0) is 9.47 Å². The molecule has 5 heterocycles. The minimum absolute atomic E-state index is 0.108. The van der Waals surface area contributed by atoms with E-state index in [1.807, 2.05) is 0 Å². The van der Waals surface area contributed by atoms with E-state index in [-0.39, 0.29) is 11.5 Å². The molecule has 28 heavy (non-hydrogen) atoms. The zero-order valence-corrected chi connectivity index (χ0v) is 16.3. The molecule has 2 unspecified atom stereocenters. The van der Waals surface area contributed by atoms with Crippen molar-refractivity contribution in [2.24, 2.45) is 5.92 Å². The Labute approximate surface area is 163 Å². The fourth-order valence-electron chi connectivity index (χ4n) is 4.69. The van der Waals surface area contributed by atoms with Crippen LogP contribution in [0.5, 0.6) is 0 Å². The lowest BCUT2D eigenvalue weighted by atomic mass is 9.97. The highest BCUT2D eigenvalue weighted by Crippen LogP contribution is 2.31. The molecule has 0 saturated carbocycles. The summed E-state index contributed by atoms with van der Waals surface area (Å²) in [5, 5.41) is 4.86. The second-order valence-corrected chi connectivity index (χ2v) is 8.22. The van der Waals surface area contributed by atoms with Crippen LogP contribution in [0.4, 0.5) is 0 Å². The highest BCUT2D eigenvalue weighted by molar-refractivity contribution is 5.42. The van der Waals surface area contributed by atoms with Crippen LogP contribution in [0.1, 0.15) is 49.7 Å². The van der Waals surface area contributed by atoms with Crippen LogP contribution >= 0.6 is 0 Å². The molecule has 3 aliphatic heterocycles. The molecule has 8 nitrogen and oxygen atoms in total. The third kappa shape index (κ3) is 3.24. The fraction of sp³-hybridized carbons (Fsp3) is 0.650. The van der Waals surface area contributed by atoms with E-state index in [4.69, 9.17) is 14.6 Å². The summed E-state index contributed by atoms with van der Waals surface area (Å²) in [5.74, 6) is 3.63. The monoisotopic (exact) mass is 385 g/mol. The van der Waals surface area contributed by atoms with Crippen LogP contribution in [0.2, 0.25) is 0 Å². The van der Waals surface area contributed by atoms with E-state index in [0.29, 0.717) is 17.4 Å². The first-order valence-corrected chi connectivity index (χ1v) is 10.3. The van der Waals surface area contributed by atoms with Crippen LogP contribution in [-0.4, -0.2) is 63.9 Å². The van der Waals surface area contributed by atoms with Crippen molar-refractivity contribution in [3.8, 4) is 0 Å². The normalized spacial score (nSPS) is 26.7.